The number of aliphatic hydroxyl groups is 1. The fraction of sp³-hybridized carbons (Fsp3) is 0.438. The molecule has 2 N–H and O–H groups in total. The third-order valence-electron chi connectivity index (χ3n) is 3.24. The lowest BCUT2D eigenvalue weighted by Gasteiger charge is -2.27. The van der Waals surface area contributed by atoms with Gasteiger partial charge in [-0.05, 0) is 30.7 Å². The largest absolute Gasteiger partial charge is 0.395 e. The molecule has 0 bridgehead atoms. The number of carbonyl (C=O) groups excluding carboxylic acids is 1. The van der Waals surface area contributed by atoms with E-state index in [1.165, 1.54) is 0 Å². The maximum absolute atomic E-state index is 12.1. The molecule has 0 saturated carbocycles. The van der Waals surface area contributed by atoms with Gasteiger partial charge in [0.2, 0.25) is 0 Å². The van der Waals surface area contributed by atoms with Crippen molar-refractivity contribution in [1.82, 2.24) is 4.90 Å². The molecule has 0 aromatic heterocycles. The third kappa shape index (κ3) is 4.48. The fourth-order valence-electron chi connectivity index (χ4n) is 2.06. The summed E-state index contributed by atoms with van der Waals surface area (Å²) >= 11 is 0. The molecule has 1 aromatic rings. The average molecular weight is 288 g/mol. The molecular formula is C16H20N2O3. The second-order valence-corrected chi connectivity index (χ2v) is 4.83. The highest BCUT2D eigenvalue weighted by Gasteiger charge is 2.17. The zero-order chi connectivity index (χ0) is 15.1. The van der Waals surface area contributed by atoms with E-state index >= 15 is 0 Å². The number of urea groups is 1. The lowest BCUT2D eigenvalue weighted by Crippen LogP contribution is -2.43. The molecule has 0 atom stereocenters. The van der Waals surface area contributed by atoms with Crippen molar-refractivity contribution in [2.24, 2.45) is 0 Å². The van der Waals surface area contributed by atoms with Crippen LogP contribution in [-0.4, -0.2) is 48.9 Å². The number of nitrogens with one attached hydrogen (secondary N) is 1. The molecule has 1 aliphatic rings. The predicted octanol–water partition coefficient (Wildman–Crippen LogP) is 1.59. The van der Waals surface area contributed by atoms with Gasteiger partial charge in [-0.15, -0.1) is 0 Å². The fourth-order valence-corrected chi connectivity index (χ4v) is 2.06. The van der Waals surface area contributed by atoms with Crippen LogP contribution in [0.25, 0.3) is 0 Å². The summed E-state index contributed by atoms with van der Waals surface area (Å²) in [6.45, 7) is 4.43. The Bertz CT molecular complexity index is 554. The highest BCUT2D eigenvalue weighted by atomic mass is 16.5. The van der Waals surface area contributed by atoms with Crippen LogP contribution in [0.1, 0.15) is 17.5 Å². The van der Waals surface area contributed by atoms with Gasteiger partial charge < -0.3 is 20.1 Å². The number of benzene rings is 1. The maximum Gasteiger partial charge on any atom is 0.322 e. The van der Waals surface area contributed by atoms with Gasteiger partial charge in [0.05, 0.1) is 19.8 Å². The number of rotatable bonds is 2. The van der Waals surface area contributed by atoms with Crippen molar-refractivity contribution < 1.29 is 14.6 Å². The molecule has 0 spiro atoms. The molecule has 1 fully saturated rings. The van der Waals surface area contributed by atoms with Gasteiger partial charge in [-0.2, -0.15) is 0 Å². The molecule has 0 unspecified atom stereocenters. The van der Waals surface area contributed by atoms with Crippen LogP contribution in [0.3, 0.4) is 0 Å². The van der Waals surface area contributed by atoms with Crippen molar-refractivity contribution in [2.75, 3.05) is 38.2 Å². The summed E-state index contributed by atoms with van der Waals surface area (Å²) in [5, 5.41) is 11.6. The molecule has 21 heavy (non-hydrogen) atoms. The molecular weight excluding hydrogens is 268 g/mol. The zero-order valence-corrected chi connectivity index (χ0v) is 12.2. The van der Waals surface area contributed by atoms with Crippen molar-refractivity contribution in [1.29, 1.82) is 0 Å². The second-order valence-electron chi connectivity index (χ2n) is 4.83. The van der Waals surface area contributed by atoms with E-state index < -0.39 is 0 Å². The van der Waals surface area contributed by atoms with Gasteiger partial charge in [0.25, 0.3) is 0 Å². The van der Waals surface area contributed by atoms with Crippen LogP contribution in [0.4, 0.5) is 10.5 Å². The van der Waals surface area contributed by atoms with Gasteiger partial charge in [-0.25, -0.2) is 4.79 Å². The first-order valence-electron chi connectivity index (χ1n) is 7.05. The van der Waals surface area contributed by atoms with E-state index in [-0.39, 0.29) is 12.6 Å². The summed E-state index contributed by atoms with van der Waals surface area (Å²) in [7, 11) is 0. The molecule has 1 saturated heterocycles. The molecule has 1 aliphatic heterocycles. The zero-order valence-electron chi connectivity index (χ0n) is 12.2. The normalized spacial score (nSPS) is 14.3. The van der Waals surface area contributed by atoms with Crippen LogP contribution in [0.5, 0.6) is 0 Å². The van der Waals surface area contributed by atoms with Gasteiger partial charge in [0.1, 0.15) is 0 Å². The van der Waals surface area contributed by atoms with Crippen molar-refractivity contribution >= 4 is 11.7 Å². The Balaban J connectivity index is 2.00. The minimum absolute atomic E-state index is 0.0691. The molecule has 2 rings (SSSR count). The van der Waals surface area contributed by atoms with Crippen LogP contribution in [0, 0.1) is 18.8 Å². The van der Waals surface area contributed by atoms with Gasteiger partial charge in [-0.3, -0.25) is 0 Å². The van der Waals surface area contributed by atoms with Crippen LogP contribution < -0.4 is 5.32 Å². The van der Waals surface area contributed by atoms with Crippen LogP contribution in [0.15, 0.2) is 18.2 Å². The summed E-state index contributed by atoms with van der Waals surface area (Å²) in [5.41, 5.74) is 2.64. The molecule has 0 aliphatic carbocycles. The highest BCUT2D eigenvalue weighted by molar-refractivity contribution is 5.90. The molecule has 5 nitrogen and oxygen atoms in total. The molecule has 5 heteroatoms. The smallest absolute Gasteiger partial charge is 0.322 e. The number of aryl methyl sites for hydroxylation is 1. The van der Waals surface area contributed by atoms with Crippen LogP contribution >= 0.6 is 0 Å². The number of hydrogen-bond donors (Lipinski definition) is 2. The highest BCUT2D eigenvalue weighted by Crippen LogP contribution is 2.17. The Labute approximate surface area is 124 Å². The number of hydrogen-bond acceptors (Lipinski definition) is 3. The first kappa shape index (κ1) is 15.4. The second kappa shape index (κ2) is 7.67. The van der Waals surface area contributed by atoms with E-state index in [4.69, 9.17) is 9.84 Å². The van der Waals surface area contributed by atoms with E-state index in [2.05, 4.69) is 17.2 Å². The van der Waals surface area contributed by atoms with E-state index in [0.29, 0.717) is 32.7 Å². The number of anilines is 1. The summed E-state index contributed by atoms with van der Waals surface area (Å²) < 4.78 is 5.23. The Kier molecular flexibility index (Phi) is 5.61. The maximum atomic E-state index is 12.1. The van der Waals surface area contributed by atoms with E-state index in [1.54, 1.807) is 4.90 Å². The predicted molar refractivity (Wildman–Crippen MR) is 81.2 cm³/mol. The van der Waals surface area contributed by atoms with Crippen LogP contribution in [0.2, 0.25) is 0 Å². The summed E-state index contributed by atoms with van der Waals surface area (Å²) in [6.07, 6.45) is 0.467. The van der Waals surface area contributed by atoms with E-state index in [1.807, 2.05) is 25.1 Å². The minimum atomic E-state index is -0.0967. The first-order valence-corrected chi connectivity index (χ1v) is 7.05. The third-order valence-corrected chi connectivity index (χ3v) is 3.24. The molecule has 2 amide bonds. The Hall–Kier alpha value is -2.03. The van der Waals surface area contributed by atoms with Gasteiger partial charge in [0.15, 0.2) is 0 Å². The van der Waals surface area contributed by atoms with E-state index in [0.717, 1.165) is 16.8 Å². The van der Waals surface area contributed by atoms with E-state index in [9.17, 15) is 4.79 Å². The summed E-state index contributed by atoms with van der Waals surface area (Å²) in [5.74, 6) is 5.86. The molecule has 0 radical (unpaired) electrons. The minimum Gasteiger partial charge on any atom is -0.395 e. The number of nitrogens with zero attached hydrogens (tertiary/aromatic N) is 1. The number of carbonyl (C=O) groups is 1. The van der Waals surface area contributed by atoms with Crippen molar-refractivity contribution in [3.63, 3.8) is 0 Å². The Morgan fingerprint density at radius 2 is 2.19 bits per heavy atom. The molecule has 112 valence electrons. The van der Waals surface area contributed by atoms with Crippen molar-refractivity contribution in [3.8, 4) is 11.8 Å². The first-order chi connectivity index (χ1) is 10.2. The SMILES string of the molecule is Cc1cc(C#CCCO)ccc1NC(=O)N1CCOCC1. The molecule has 1 aromatic carbocycles. The monoisotopic (exact) mass is 288 g/mol. The van der Waals surface area contributed by atoms with Crippen molar-refractivity contribution in [3.05, 3.63) is 29.3 Å². The number of ether oxygens (including phenoxy) is 1. The summed E-state index contributed by atoms with van der Waals surface area (Å²) in [6, 6.07) is 5.56. The van der Waals surface area contributed by atoms with Crippen LogP contribution in [-0.2, 0) is 4.74 Å². The number of aliphatic hydroxyl groups excluding tert-OH is 1. The Morgan fingerprint density at radius 3 is 2.86 bits per heavy atom. The number of amides is 2. The average Bonchev–Trinajstić information content (AvgIpc) is 2.51. The number of morpholine rings is 1. The van der Waals surface area contributed by atoms with Gasteiger partial charge >= 0.3 is 6.03 Å². The van der Waals surface area contributed by atoms with Gasteiger partial charge in [-0.1, -0.05) is 11.8 Å². The topological polar surface area (TPSA) is 61.8 Å². The molecule has 1 heterocycles. The lowest BCUT2D eigenvalue weighted by molar-refractivity contribution is 0.0564. The quantitative estimate of drug-likeness (QED) is 0.813. The van der Waals surface area contributed by atoms with Crippen molar-refractivity contribution in [2.45, 2.75) is 13.3 Å². The summed E-state index contributed by atoms with van der Waals surface area (Å²) in [4.78, 5) is 13.9. The Morgan fingerprint density at radius 1 is 1.43 bits per heavy atom. The lowest BCUT2D eigenvalue weighted by atomic mass is 10.1. The van der Waals surface area contributed by atoms with Gasteiger partial charge in [0, 0.05) is 30.8 Å². The standard InChI is InChI=1S/C16H20N2O3/c1-13-12-14(4-2-3-9-19)5-6-15(13)17-16(20)18-7-10-21-11-8-18/h5-6,12,19H,3,7-11H2,1H3,(H,17,20).